The smallest absolute Gasteiger partial charge is 0.191 e. The number of halogens is 2. The van der Waals surface area contributed by atoms with Crippen LogP contribution in [-0.2, 0) is 13.0 Å². The molecule has 0 aliphatic carbocycles. The van der Waals surface area contributed by atoms with Gasteiger partial charge in [-0.25, -0.2) is 4.39 Å². The molecule has 0 unspecified atom stereocenters. The lowest BCUT2D eigenvalue weighted by atomic mass is 10.1. The summed E-state index contributed by atoms with van der Waals surface area (Å²) in [5.74, 6) is 1.38. The highest BCUT2D eigenvalue weighted by molar-refractivity contribution is 14.0. The Morgan fingerprint density at radius 3 is 2.56 bits per heavy atom. The van der Waals surface area contributed by atoms with Gasteiger partial charge in [0.05, 0.1) is 6.61 Å². The zero-order valence-electron chi connectivity index (χ0n) is 14.6. The average Bonchev–Trinajstić information content (AvgIpc) is 2.59. The minimum absolute atomic E-state index is 0. The first-order valence-electron chi connectivity index (χ1n) is 8.12. The van der Waals surface area contributed by atoms with Crippen LogP contribution in [0.3, 0.4) is 0 Å². The predicted octanol–water partition coefficient (Wildman–Crippen LogP) is 3.75. The van der Waals surface area contributed by atoms with Gasteiger partial charge in [0.25, 0.3) is 0 Å². The first kappa shape index (κ1) is 21.2. The van der Waals surface area contributed by atoms with E-state index in [1.807, 2.05) is 37.3 Å². The van der Waals surface area contributed by atoms with Crippen LogP contribution in [0.4, 0.5) is 4.39 Å². The first-order valence-corrected chi connectivity index (χ1v) is 8.12. The second-order valence-electron chi connectivity index (χ2n) is 5.31. The number of aliphatic imine (C=N–C) groups is 1. The fraction of sp³-hybridized carbons (Fsp3) is 0.316. The summed E-state index contributed by atoms with van der Waals surface area (Å²) in [6.07, 6.45) is 0.734. The molecule has 0 atom stereocenters. The molecule has 0 aliphatic rings. The predicted molar refractivity (Wildman–Crippen MR) is 111 cm³/mol. The first-order chi connectivity index (χ1) is 11.7. The molecular weight excluding hydrogens is 432 g/mol. The largest absolute Gasteiger partial charge is 0.494 e. The molecule has 0 amide bonds. The number of benzene rings is 2. The van der Waals surface area contributed by atoms with Crippen molar-refractivity contribution >= 4 is 29.9 Å². The van der Waals surface area contributed by atoms with Gasteiger partial charge in [-0.05, 0) is 48.7 Å². The van der Waals surface area contributed by atoms with Crippen molar-refractivity contribution in [2.45, 2.75) is 19.9 Å². The van der Waals surface area contributed by atoms with Crippen molar-refractivity contribution in [2.24, 2.45) is 4.99 Å². The third-order valence-electron chi connectivity index (χ3n) is 3.49. The SMILES string of the molecule is CCOc1cccc(CNC(=NC)NCCc2cccc(F)c2)c1.I. The average molecular weight is 457 g/mol. The summed E-state index contributed by atoms with van der Waals surface area (Å²) in [4.78, 5) is 4.20. The van der Waals surface area contributed by atoms with Crippen LogP contribution in [-0.4, -0.2) is 26.2 Å². The summed E-state index contributed by atoms with van der Waals surface area (Å²) < 4.78 is 18.6. The summed E-state index contributed by atoms with van der Waals surface area (Å²) in [5.41, 5.74) is 2.08. The number of ether oxygens (including phenoxy) is 1. The standard InChI is InChI=1S/C19H24FN3O.HI/c1-3-24-18-9-5-7-16(13-18)14-23-19(21-2)22-11-10-15-6-4-8-17(20)12-15;/h4-9,12-13H,3,10-11,14H2,1-2H3,(H2,21,22,23);1H. The molecule has 2 rings (SSSR count). The van der Waals surface area contributed by atoms with Crippen LogP contribution in [0, 0.1) is 5.82 Å². The topological polar surface area (TPSA) is 45.6 Å². The van der Waals surface area contributed by atoms with Crippen LogP contribution in [0.5, 0.6) is 5.75 Å². The van der Waals surface area contributed by atoms with Gasteiger partial charge >= 0.3 is 0 Å². The van der Waals surface area contributed by atoms with E-state index in [9.17, 15) is 4.39 Å². The van der Waals surface area contributed by atoms with Crippen molar-refractivity contribution in [1.29, 1.82) is 0 Å². The van der Waals surface area contributed by atoms with Gasteiger partial charge in [0.2, 0.25) is 0 Å². The van der Waals surface area contributed by atoms with Crippen LogP contribution in [0.15, 0.2) is 53.5 Å². The highest BCUT2D eigenvalue weighted by atomic mass is 127. The van der Waals surface area contributed by atoms with Gasteiger partial charge in [-0.2, -0.15) is 0 Å². The molecular formula is C19H25FIN3O. The third kappa shape index (κ3) is 7.72. The van der Waals surface area contributed by atoms with Gasteiger partial charge in [-0.3, -0.25) is 4.99 Å². The molecule has 25 heavy (non-hydrogen) atoms. The maximum absolute atomic E-state index is 13.1. The zero-order valence-corrected chi connectivity index (χ0v) is 16.9. The van der Waals surface area contributed by atoms with Crippen molar-refractivity contribution in [3.63, 3.8) is 0 Å². The molecule has 0 aromatic heterocycles. The summed E-state index contributed by atoms with van der Waals surface area (Å²) >= 11 is 0. The van der Waals surface area contributed by atoms with Crippen LogP contribution >= 0.6 is 24.0 Å². The van der Waals surface area contributed by atoms with Crippen molar-refractivity contribution in [1.82, 2.24) is 10.6 Å². The van der Waals surface area contributed by atoms with E-state index in [2.05, 4.69) is 15.6 Å². The molecule has 0 saturated carbocycles. The number of nitrogens with one attached hydrogen (secondary N) is 2. The molecule has 136 valence electrons. The second-order valence-corrected chi connectivity index (χ2v) is 5.31. The minimum atomic E-state index is -0.204. The van der Waals surface area contributed by atoms with Crippen LogP contribution < -0.4 is 15.4 Å². The molecule has 0 fully saturated rings. The van der Waals surface area contributed by atoms with Gasteiger partial charge in [0.15, 0.2) is 5.96 Å². The van der Waals surface area contributed by atoms with Crippen molar-refractivity contribution in [2.75, 3.05) is 20.2 Å². The van der Waals surface area contributed by atoms with Gasteiger partial charge in [0, 0.05) is 20.1 Å². The lowest BCUT2D eigenvalue weighted by Gasteiger charge is -2.12. The molecule has 0 spiro atoms. The fourth-order valence-corrected chi connectivity index (χ4v) is 2.34. The van der Waals surface area contributed by atoms with Gasteiger partial charge < -0.3 is 15.4 Å². The number of hydrogen-bond acceptors (Lipinski definition) is 2. The quantitative estimate of drug-likeness (QED) is 0.378. The van der Waals surface area contributed by atoms with Gasteiger partial charge in [-0.15, -0.1) is 24.0 Å². The Morgan fingerprint density at radius 2 is 1.84 bits per heavy atom. The number of guanidine groups is 1. The number of nitrogens with zero attached hydrogens (tertiary/aromatic N) is 1. The van der Waals surface area contributed by atoms with E-state index in [0.29, 0.717) is 25.7 Å². The van der Waals surface area contributed by atoms with E-state index in [1.165, 1.54) is 6.07 Å². The molecule has 0 heterocycles. The Bertz CT molecular complexity index is 679. The lowest BCUT2D eigenvalue weighted by molar-refractivity contribution is 0.340. The lowest BCUT2D eigenvalue weighted by Crippen LogP contribution is -2.37. The molecule has 2 N–H and O–H groups in total. The molecule has 4 nitrogen and oxygen atoms in total. The monoisotopic (exact) mass is 457 g/mol. The highest BCUT2D eigenvalue weighted by Gasteiger charge is 2.01. The number of rotatable bonds is 7. The fourth-order valence-electron chi connectivity index (χ4n) is 2.34. The second kappa shape index (κ2) is 11.7. The van der Waals surface area contributed by atoms with Gasteiger partial charge in [-0.1, -0.05) is 24.3 Å². The van der Waals surface area contributed by atoms with E-state index in [1.54, 1.807) is 19.2 Å². The highest BCUT2D eigenvalue weighted by Crippen LogP contribution is 2.12. The molecule has 0 aliphatic heterocycles. The van der Waals surface area contributed by atoms with Gasteiger partial charge in [0.1, 0.15) is 11.6 Å². The zero-order chi connectivity index (χ0) is 17.2. The van der Waals surface area contributed by atoms with Crippen LogP contribution in [0.1, 0.15) is 18.1 Å². The summed E-state index contributed by atoms with van der Waals surface area (Å²) in [5, 5.41) is 6.49. The van der Waals surface area contributed by atoms with Crippen molar-refractivity contribution < 1.29 is 9.13 Å². The van der Waals surface area contributed by atoms with Crippen LogP contribution in [0.2, 0.25) is 0 Å². The van der Waals surface area contributed by atoms with E-state index in [4.69, 9.17) is 4.74 Å². The molecule has 0 saturated heterocycles. The Kier molecular flexibility index (Phi) is 9.91. The Labute approximate surface area is 165 Å². The van der Waals surface area contributed by atoms with Crippen molar-refractivity contribution in [3.8, 4) is 5.75 Å². The number of hydrogen-bond donors (Lipinski definition) is 2. The third-order valence-corrected chi connectivity index (χ3v) is 3.49. The Morgan fingerprint density at radius 1 is 1.08 bits per heavy atom. The van der Waals surface area contributed by atoms with Crippen LogP contribution in [0.25, 0.3) is 0 Å². The molecule has 2 aromatic carbocycles. The van der Waals surface area contributed by atoms with E-state index in [-0.39, 0.29) is 29.8 Å². The summed E-state index contributed by atoms with van der Waals surface area (Å²) in [6, 6.07) is 14.6. The summed E-state index contributed by atoms with van der Waals surface area (Å²) in [7, 11) is 1.73. The molecule has 6 heteroatoms. The molecule has 0 bridgehead atoms. The Balaban J connectivity index is 0.00000312. The summed E-state index contributed by atoms with van der Waals surface area (Å²) in [6.45, 7) is 3.96. The molecule has 0 radical (unpaired) electrons. The van der Waals surface area contributed by atoms with E-state index in [0.717, 1.165) is 23.3 Å². The van der Waals surface area contributed by atoms with E-state index < -0.39 is 0 Å². The van der Waals surface area contributed by atoms with E-state index >= 15 is 0 Å². The van der Waals surface area contributed by atoms with Crippen molar-refractivity contribution in [3.05, 3.63) is 65.5 Å². The normalized spacial score (nSPS) is 10.8. The maximum atomic E-state index is 13.1. The minimum Gasteiger partial charge on any atom is -0.494 e. The maximum Gasteiger partial charge on any atom is 0.191 e. The molecule has 2 aromatic rings. The Hall–Kier alpha value is -1.83.